The SMILES string of the molecule is C=CC(=O)N1CCC[C@@H](n2nc(-c3ccc(CNC(=O)c4ccc(C)cc4OC)cc3)c3c(N)ncnc32)C1. The van der Waals surface area contributed by atoms with Gasteiger partial charge in [-0.15, -0.1) is 0 Å². The molecule has 39 heavy (non-hydrogen) atoms. The zero-order chi connectivity index (χ0) is 27.5. The van der Waals surface area contributed by atoms with Crippen LogP contribution >= 0.6 is 0 Å². The lowest BCUT2D eigenvalue weighted by atomic mass is 10.1. The molecule has 3 N–H and O–H groups in total. The molecular weight excluding hydrogens is 494 g/mol. The van der Waals surface area contributed by atoms with Crippen molar-refractivity contribution in [2.45, 2.75) is 32.4 Å². The number of nitrogen functional groups attached to an aromatic ring is 1. The van der Waals surface area contributed by atoms with E-state index < -0.39 is 0 Å². The van der Waals surface area contributed by atoms with Crippen molar-refractivity contribution in [3.8, 4) is 17.0 Å². The molecule has 1 atom stereocenters. The van der Waals surface area contributed by atoms with E-state index in [0.717, 1.165) is 29.5 Å². The van der Waals surface area contributed by atoms with Crippen molar-refractivity contribution < 1.29 is 14.3 Å². The summed E-state index contributed by atoms with van der Waals surface area (Å²) in [6.45, 7) is 7.14. The Kier molecular flexibility index (Phi) is 7.27. The number of aryl methyl sites for hydroxylation is 1. The second kappa shape index (κ2) is 10.9. The van der Waals surface area contributed by atoms with E-state index in [1.807, 2.05) is 48.0 Å². The molecule has 2 aromatic heterocycles. The summed E-state index contributed by atoms with van der Waals surface area (Å²) in [7, 11) is 1.55. The Morgan fingerprint density at radius 1 is 1.21 bits per heavy atom. The average Bonchev–Trinajstić information content (AvgIpc) is 3.36. The molecule has 0 saturated carbocycles. The quantitative estimate of drug-likeness (QED) is 0.352. The van der Waals surface area contributed by atoms with Crippen molar-refractivity contribution in [2.75, 3.05) is 25.9 Å². The number of hydrogen-bond donors (Lipinski definition) is 2. The normalized spacial score (nSPS) is 15.2. The second-order valence-electron chi connectivity index (χ2n) is 9.62. The van der Waals surface area contributed by atoms with Gasteiger partial charge in [0.05, 0.1) is 24.1 Å². The van der Waals surface area contributed by atoms with Crippen molar-refractivity contribution in [1.29, 1.82) is 0 Å². The van der Waals surface area contributed by atoms with Crippen molar-refractivity contribution in [1.82, 2.24) is 30.0 Å². The van der Waals surface area contributed by atoms with Crippen molar-refractivity contribution >= 4 is 28.7 Å². The van der Waals surface area contributed by atoms with Gasteiger partial charge in [0.2, 0.25) is 5.91 Å². The summed E-state index contributed by atoms with van der Waals surface area (Å²) < 4.78 is 7.23. The molecule has 0 unspecified atom stereocenters. The van der Waals surface area contributed by atoms with Gasteiger partial charge in [-0.1, -0.05) is 36.9 Å². The zero-order valence-electron chi connectivity index (χ0n) is 22.1. The van der Waals surface area contributed by atoms with E-state index in [2.05, 4.69) is 21.9 Å². The van der Waals surface area contributed by atoms with Crippen LogP contribution in [0, 0.1) is 6.92 Å². The van der Waals surface area contributed by atoms with E-state index in [1.54, 1.807) is 18.1 Å². The molecule has 0 aliphatic carbocycles. The number of ether oxygens (including phenoxy) is 1. The van der Waals surface area contributed by atoms with E-state index in [-0.39, 0.29) is 17.9 Å². The number of carbonyl (C=O) groups is 2. The van der Waals surface area contributed by atoms with Crippen molar-refractivity contribution in [2.24, 2.45) is 0 Å². The van der Waals surface area contributed by atoms with Gasteiger partial charge in [-0.2, -0.15) is 5.10 Å². The number of rotatable bonds is 7. The number of piperidine rings is 1. The first kappa shape index (κ1) is 25.9. The van der Waals surface area contributed by atoms with Gasteiger partial charge in [-0.25, -0.2) is 14.6 Å². The fourth-order valence-electron chi connectivity index (χ4n) is 4.98. The number of methoxy groups -OCH3 is 1. The molecule has 3 heterocycles. The number of amides is 2. The number of anilines is 1. The molecule has 0 bridgehead atoms. The van der Waals surface area contributed by atoms with Gasteiger partial charge in [-0.3, -0.25) is 9.59 Å². The molecule has 2 aromatic carbocycles. The monoisotopic (exact) mass is 525 g/mol. The van der Waals surface area contributed by atoms with Gasteiger partial charge in [-0.05, 0) is 49.1 Å². The number of benzene rings is 2. The van der Waals surface area contributed by atoms with Gasteiger partial charge >= 0.3 is 0 Å². The smallest absolute Gasteiger partial charge is 0.255 e. The molecule has 10 heteroatoms. The van der Waals surface area contributed by atoms with Crippen molar-refractivity contribution in [3.05, 3.63) is 78.1 Å². The van der Waals surface area contributed by atoms with E-state index >= 15 is 0 Å². The lowest BCUT2D eigenvalue weighted by Gasteiger charge is -2.32. The van der Waals surface area contributed by atoms with Crippen LogP contribution in [0.25, 0.3) is 22.3 Å². The average molecular weight is 526 g/mol. The van der Waals surface area contributed by atoms with Gasteiger partial charge in [0, 0.05) is 25.2 Å². The molecule has 5 rings (SSSR count). The third-order valence-electron chi connectivity index (χ3n) is 7.03. The van der Waals surface area contributed by atoms with E-state index in [1.165, 1.54) is 12.4 Å². The molecular formula is C29H31N7O3. The summed E-state index contributed by atoms with van der Waals surface area (Å²) in [6, 6.07) is 13.2. The van der Waals surface area contributed by atoms with Gasteiger partial charge in [0.1, 0.15) is 23.6 Å². The molecule has 0 spiro atoms. The Bertz CT molecular complexity index is 1540. The minimum Gasteiger partial charge on any atom is -0.496 e. The van der Waals surface area contributed by atoms with Crippen LogP contribution < -0.4 is 15.8 Å². The van der Waals surface area contributed by atoms with Crippen molar-refractivity contribution in [3.63, 3.8) is 0 Å². The summed E-state index contributed by atoms with van der Waals surface area (Å²) >= 11 is 0. The number of nitrogens with two attached hydrogens (primary N) is 1. The van der Waals surface area contributed by atoms with Gasteiger partial charge < -0.3 is 20.7 Å². The van der Waals surface area contributed by atoms with Gasteiger partial charge in [0.15, 0.2) is 5.65 Å². The first-order valence-electron chi connectivity index (χ1n) is 12.8. The molecule has 10 nitrogen and oxygen atoms in total. The lowest BCUT2D eigenvalue weighted by molar-refractivity contribution is -0.127. The molecule has 1 saturated heterocycles. The Morgan fingerprint density at radius 2 is 2.00 bits per heavy atom. The van der Waals surface area contributed by atoms with E-state index in [0.29, 0.717) is 53.5 Å². The molecule has 0 radical (unpaired) electrons. The van der Waals surface area contributed by atoms with Crippen LogP contribution in [0.15, 0.2) is 61.4 Å². The predicted molar refractivity (Wildman–Crippen MR) is 149 cm³/mol. The fraction of sp³-hybridized carbons (Fsp3) is 0.276. The van der Waals surface area contributed by atoms with Crippen LogP contribution in [0.1, 0.15) is 40.4 Å². The number of hydrogen-bond acceptors (Lipinski definition) is 7. The maximum atomic E-state index is 12.8. The molecule has 200 valence electrons. The minimum atomic E-state index is -0.206. The third kappa shape index (κ3) is 5.18. The Labute approximate surface area is 226 Å². The number of carbonyl (C=O) groups excluding carboxylic acids is 2. The highest BCUT2D eigenvalue weighted by molar-refractivity contribution is 5.98. The van der Waals surface area contributed by atoms with Crippen LogP contribution in [0.3, 0.4) is 0 Å². The molecule has 1 aliphatic rings. The van der Waals surface area contributed by atoms with Crippen LogP contribution in [0.4, 0.5) is 5.82 Å². The first-order valence-corrected chi connectivity index (χ1v) is 12.8. The Hall–Kier alpha value is -4.73. The number of aromatic nitrogens is 4. The number of fused-ring (bicyclic) bond motifs is 1. The highest BCUT2D eigenvalue weighted by Gasteiger charge is 2.28. The molecule has 4 aromatic rings. The lowest BCUT2D eigenvalue weighted by Crippen LogP contribution is -2.40. The van der Waals surface area contributed by atoms with Gasteiger partial charge in [0.25, 0.3) is 5.91 Å². The van der Waals surface area contributed by atoms with Crippen LogP contribution in [-0.4, -0.2) is 56.7 Å². The largest absolute Gasteiger partial charge is 0.496 e. The fourth-order valence-corrected chi connectivity index (χ4v) is 4.98. The highest BCUT2D eigenvalue weighted by Crippen LogP contribution is 2.34. The molecule has 1 aliphatic heterocycles. The Balaban J connectivity index is 1.38. The summed E-state index contributed by atoms with van der Waals surface area (Å²) in [5, 5.41) is 8.55. The maximum Gasteiger partial charge on any atom is 0.255 e. The second-order valence-corrected chi connectivity index (χ2v) is 9.62. The van der Waals surface area contributed by atoms with Crippen LogP contribution in [0.5, 0.6) is 5.75 Å². The van der Waals surface area contributed by atoms with Crippen LogP contribution in [0.2, 0.25) is 0 Å². The first-order chi connectivity index (χ1) is 18.9. The topological polar surface area (TPSA) is 128 Å². The number of likely N-dealkylation sites (tertiary alicyclic amines) is 1. The Morgan fingerprint density at radius 3 is 2.74 bits per heavy atom. The zero-order valence-corrected chi connectivity index (χ0v) is 22.1. The summed E-state index contributed by atoms with van der Waals surface area (Å²) in [5.41, 5.74) is 10.9. The standard InChI is InChI=1S/C29H31N7O3/c1-4-24(37)35-13-5-6-21(16-35)36-28-25(27(30)32-17-33-28)26(34-36)20-10-8-19(9-11-20)15-31-29(38)22-12-7-18(2)14-23(22)39-3/h4,7-12,14,17,21H,1,5-6,13,15-16H2,2-3H3,(H,31,38)(H2,30,32,33)/t21-/m1/s1. The van der Waals surface area contributed by atoms with Crippen LogP contribution in [-0.2, 0) is 11.3 Å². The van der Waals surface area contributed by atoms with E-state index in [9.17, 15) is 9.59 Å². The highest BCUT2D eigenvalue weighted by atomic mass is 16.5. The molecule has 2 amide bonds. The number of nitrogens with zero attached hydrogens (tertiary/aromatic N) is 5. The minimum absolute atomic E-state index is 0.0403. The maximum absolute atomic E-state index is 12.8. The third-order valence-corrected chi connectivity index (χ3v) is 7.03. The summed E-state index contributed by atoms with van der Waals surface area (Å²) in [6.07, 6.45) is 4.50. The van der Waals surface area contributed by atoms with E-state index in [4.69, 9.17) is 15.6 Å². The summed E-state index contributed by atoms with van der Waals surface area (Å²) in [4.78, 5) is 35.5. The summed E-state index contributed by atoms with van der Waals surface area (Å²) in [5.74, 6) is 0.593. The number of nitrogens with one attached hydrogen (secondary N) is 1. The molecule has 1 fully saturated rings. The predicted octanol–water partition coefficient (Wildman–Crippen LogP) is 3.67.